The summed E-state index contributed by atoms with van der Waals surface area (Å²) in [7, 11) is 0. The van der Waals surface area contributed by atoms with E-state index in [1.54, 1.807) is 30.4 Å². The Kier molecular flexibility index (Phi) is 5.30. The fraction of sp³-hybridized carbons (Fsp3) is 0. The van der Waals surface area contributed by atoms with Gasteiger partial charge in [0, 0.05) is 6.08 Å². The molecule has 2 aromatic rings. The van der Waals surface area contributed by atoms with Crippen LogP contribution in [0.25, 0.3) is 12.2 Å². The Hall–Kier alpha value is -2.87. The third-order valence-corrected chi connectivity index (χ3v) is 2.74. The first-order valence-electron chi connectivity index (χ1n) is 6.62. The van der Waals surface area contributed by atoms with Crippen LogP contribution in [0.2, 0.25) is 0 Å². The minimum atomic E-state index is -0.408. The van der Waals surface area contributed by atoms with Crippen molar-refractivity contribution in [3.63, 3.8) is 0 Å². The van der Waals surface area contributed by atoms with Gasteiger partial charge in [0.05, 0.1) is 0 Å². The zero-order valence-corrected chi connectivity index (χ0v) is 11.6. The predicted octanol–water partition coefficient (Wildman–Crippen LogP) is 4.50. The zero-order valence-electron chi connectivity index (χ0n) is 11.6. The van der Waals surface area contributed by atoms with Gasteiger partial charge in [0.25, 0.3) is 0 Å². The average molecular weight is 276 g/mol. The molecule has 0 radical (unpaired) electrons. The maximum Gasteiger partial charge on any atom is 0.336 e. The summed E-state index contributed by atoms with van der Waals surface area (Å²) < 4.78 is 5.20. The fourth-order valence-electron chi connectivity index (χ4n) is 1.72. The average Bonchev–Trinajstić information content (AvgIpc) is 2.53. The number of hydrogen-bond donors (Lipinski definition) is 0. The molecular formula is C19H16O2. The first kappa shape index (κ1) is 14.5. The number of rotatable bonds is 5. The molecule has 2 rings (SSSR count). The van der Waals surface area contributed by atoms with Crippen LogP contribution in [0.3, 0.4) is 0 Å². The van der Waals surface area contributed by atoms with Crippen LogP contribution in [0.1, 0.15) is 11.1 Å². The fourth-order valence-corrected chi connectivity index (χ4v) is 1.72. The molecule has 0 aliphatic heterocycles. The van der Waals surface area contributed by atoms with E-state index in [9.17, 15) is 4.79 Å². The van der Waals surface area contributed by atoms with Gasteiger partial charge in [0.2, 0.25) is 0 Å². The lowest BCUT2D eigenvalue weighted by Gasteiger charge is -2.01. The summed E-state index contributed by atoms with van der Waals surface area (Å²) in [5.41, 5.74) is 1.99. The predicted molar refractivity (Wildman–Crippen MR) is 86.8 cm³/mol. The van der Waals surface area contributed by atoms with E-state index in [-0.39, 0.29) is 0 Å². The SMILES string of the molecule is C=Cc1cccc(OC(=O)/C=C/C=C/c2ccccc2)c1. The van der Waals surface area contributed by atoms with Gasteiger partial charge in [-0.05, 0) is 23.3 Å². The summed E-state index contributed by atoms with van der Waals surface area (Å²) >= 11 is 0. The van der Waals surface area contributed by atoms with E-state index < -0.39 is 5.97 Å². The lowest BCUT2D eigenvalue weighted by molar-refractivity contribution is -0.128. The van der Waals surface area contributed by atoms with E-state index >= 15 is 0 Å². The van der Waals surface area contributed by atoms with Crippen LogP contribution in [0.4, 0.5) is 0 Å². The van der Waals surface area contributed by atoms with Crippen LogP contribution >= 0.6 is 0 Å². The van der Waals surface area contributed by atoms with Crippen molar-refractivity contribution in [2.75, 3.05) is 0 Å². The standard InChI is InChI=1S/C19H16O2/c1-2-16-12-8-13-18(15-16)21-19(20)14-7-6-11-17-9-4-3-5-10-17/h2-15H,1H2/b11-6+,14-7+. The second-order valence-corrected chi connectivity index (χ2v) is 4.33. The van der Waals surface area contributed by atoms with Crippen LogP contribution in [-0.2, 0) is 4.79 Å². The second kappa shape index (κ2) is 7.65. The quantitative estimate of drug-likeness (QED) is 0.348. The van der Waals surface area contributed by atoms with E-state index in [1.165, 1.54) is 6.08 Å². The summed E-state index contributed by atoms with van der Waals surface area (Å²) in [6.45, 7) is 3.68. The van der Waals surface area contributed by atoms with Crippen molar-refractivity contribution in [3.8, 4) is 5.75 Å². The van der Waals surface area contributed by atoms with Crippen molar-refractivity contribution in [2.45, 2.75) is 0 Å². The minimum Gasteiger partial charge on any atom is -0.423 e. The topological polar surface area (TPSA) is 26.3 Å². The van der Waals surface area contributed by atoms with Crippen molar-refractivity contribution < 1.29 is 9.53 Å². The van der Waals surface area contributed by atoms with E-state index in [1.807, 2.05) is 48.5 Å². The molecule has 0 saturated carbocycles. The minimum absolute atomic E-state index is 0.408. The molecule has 2 nitrogen and oxygen atoms in total. The molecule has 104 valence electrons. The number of benzene rings is 2. The Bertz CT molecular complexity index is 667. The van der Waals surface area contributed by atoms with Crippen LogP contribution in [0, 0.1) is 0 Å². The van der Waals surface area contributed by atoms with E-state index in [4.69, 9.17) is 4.74 Å². The number of esters is 1. The van der Waals surface area contributed by atoms with Crippen LogP contribution in [0.5, 0.6) is 5.75 Å². The lowest BCUT2D eigenvalue weighted by Crippen LogP contribution is -2.03. The smallest absolute Gasteiger partial charge is 0.336 e. The lowest BCUT2D eigenvalue weighted by atomic mass is 10.2. The Morgan fingerprint density at radius 1 is 0.952 bits per heavy atom. The number of hydrogen-bond acceptors (Lipinski definition) is 2. The van der Waals surface area contributed by atoms with Crippen molar-refractivity contribution in [1.29, 1.82) is 0 Å². The molecule has 0 bridgehead atoms. The maximum atomic E-state index is 11.7. The Morgan fingerprint density at radius 3 is 2.48 bits per heavy atom. The number of carbonyl (C=O) groups is 1. The molecule has 0 aliphatic carbocycles. The Labute approximate surface area is 124 Å². The Morgan fingerprint density at radius 2 is 1.71 bits per heavy atom. The molecule has 0 aromatic heterocycles. The van der Waals surface area contributed by atoms with Crippen LogP contribution in [0.15, 0.2) is 79.4 Å². The van der Waals surface area contributed by atoms with Gasteiger partial charge in [0.1, 0.15) is 5.75 Å². The first-order chi connectivity index (χ1) is 10.3. The van der Waals surface area contributed by atoms with Crippen molar-refractivity contribution in [3.05, 3.63) is 90.5 Å². The van der Waals surface area contributed by atoms with Gasteiger partial charge in [-0.25, -0.2) is 4.79 Å². The highest BCUT2D eigenvalue weighted by Crippen LogP contribution is 2.14. The molecule has 0 spiro atoms. The molecule has 0 aliphatic rings. The molecule has 0 fully saturated rings. The normalized spacial score (nSPS) is 10.9. The van der Waals surface area contributed by atoms with Gasteiger partial charge in [-0.2, -0.15) is 0 Å². The highest BCUT2D eigenvalue weighted by atomic mass is 16.5. The molecule has 21 heavy (non-hydrogen) atoms. The molecule has 0 heterocycles. The van der Waals surface area contributed by atoms with Gasteiger partial charge < -0.3 is 4.74 Å². The van der Waals surface area contributed by atoms with Crippen LogP contribution in [-0.4, -0.2) is 5.97 Å². The molecule has 2 aromatic carbocycles. The van der Waals surface area contributed by atoms with Gasteiger partial charge in [0.15, 0.2) is 0 Å². The van der Waals surface area contributed by atoms with Crippen molar-refractivity contribution in [2.24, 2.45) is 0 Å². The third-order valence-electron chi connectivity index (χ3n) is 2.74. The number of allylic oxidation sites excluding steroid dienone is 2. The summed E-state index contributed by atoms with van der Waals surface area (Å²) in [4.78, 5) is 11.7. The first-order valence-corrected chi connectivity index (χ1v) is 6.62. The van der Waals surface area contributed by atoms with E-state index in [0.717, 1.165) is 11.1 Å². The third kappa shape index (κ3) is 4.96. The number of ether oxygens (including phenoxy) is 1. The molecule has 2 heteroatoms. The summed E-state index contributed by atoms with van der Waals surface area (Å²) in [6, 6.07) is 17.1. The highest BCUT2D eigenvalue weighted by Gasteiger charge is 1.99. The zero-order chi connectivity index (χ0) is 14.9. The van der Waals surface area contributed by atoms with Gasteiger partial charge in [-0.1, -0.05) is 73.3 Å². The van der Waals surface area contributed by atoms with E-state index in [0.29, 0.717) is 5.75 Å². The molecule has 0 amide bonds. The van der Waals surface area contributed by atoms with Crippen molar-refractivity contribution in [1.82, 2.24) is 0 Å². The molecule has 0 N–H and O–H groups in total. The van der Waals surface area contributed by atoms with Crippen LogP contribution < -0.4 is 4.74 Å². The second-order valence-electron chi connectivity index (χ2n) is 4.33. The molecule has 0 atom stereocenters. The van der Waals surface area contributed by atoms with Gasteiger partial charge in [-0.15, -0.1) is 0 Å². The molecule has 0 unspecified atom stereocenters. The van der Waals surface area contributed by atoms with Gasteiger partial charge >= 0.3 is 5.97 Å². The molecule has 0 saturated heterocycles. The summed E-state index contributed by atoms with van der Waals surface area (Å²) in [6.07, 6.45) is 8.47. The number of carbonyl (C=O) groups excluding carboxylic acids is 1. The summed E-state index contributed by atoms with van der Waals surface area (Å²) in [5.74, 6) is 0.100. The van der Waals surface area contributed by atoms with E-state index in [2.05, 4.69) is 6.58 Å². The Balaban J connectivity index is 1.90. The largest absolute Gasteiger partial charge is 0.423 e. The maximum absolute atomic E-state index is 11.7. The summed E-state index contributed by atoms with van der Waals surface area (Å²) in [5, 5.41) is 0. The molecular weight excluding hydrogens is 260 g/mol. The van der Waals surface area contributed by atoms with Gasteiger partial charge in [-0.3, -0.25) is 0 Å². The monoisotopic (exact) mass is 276 g/mol. The van der Waals surface area contributed by atoms with Crippen molar-refractivity contribution >= 4 is 18.1 Å². The highest BCUT2D eigenvalue weighted by molar-refractivity contribution is 5.84.